The van der Waals surface area contributed by atoms with Gasteiger partial charge in [0.05, 0.1) is 54.7 Å². The van der Waals surface area contributed by atoms with E-state index in [1.54, 1.807) is 44.4 Å². The van der Waals surface area contributed by atoms with Crippen LogP contribution in [0.5, 0.6) is 11.5 Å². The van der Waals surface area contributed by atoms with Crippen molar-refractivity contribution in [2.45, 2.75) is 19.8 Å². The first-order chi connectivity index (χ1) is 16.9. The normalized spacial score (nSPS) is 15.1. The number of nitrogens with zero attached hydrogens (tertiary/aromatic N) is 1. The molecule has 1 atom stereocenters. The van der Waals surface area contributed by atoms with Crippen molar-refractivity contribution >= 4 is 29.3 Å². The molecule has 0 saturated heterocycles. The summed E-state index contributed by atoms with van der Waals surface area (Å²) in [6, 6.07) is 16.6. The third-order valence-electron chi connectivity index (χ3n) is 5.28. The summed E-state index contributed by atoms with van der Waals surface area (Å²) in [5.74, 6) is -0.249. The summed E-state index contributed by atoms with van der Waals surface area (Å²) < 4.78 is 16.0. The topological polar surface area (TPSA) is 110 Å². The molecule has 0 fully saturated rings. The zero-order valence-corrected chi connectivity index (χ0v) is 20.8. The predicted molar refractivity (Wildman–Crippen MR) is 135 cm³/mol. The summed E-state index contributed by atoms with van der Waals surface area (Å²) in [6.45, 7) is 4.04. The number of nitrogens with one attached hydrogen (secondary N) is 2. The Hall–Kier alpha value is -3.90. The third kappa shape index (κ3) is 5.97. The largest absolute Gasteiger partial charge is 0.497 e. The minimum atomic E-state index is -0.708. The maximum Gasteiger partial charge on any atom is 0.336 e. The van der Waals surface area contributed by atoms with Gasteiger partial charge in [0.2, 0.25) is 5.91 Å². The number of rotatable bonds is 9. The first-order valence-corrected chi connectivity index (χ1v) is 11.9. The van der Waals surface area contributed by atoms with Crippen LogP contribution in [0.1, 0.15) is 25.3 Å². The Labute approximate surface area is 208 Å². The number of allylic oxidation sites excluding steroid dienone is 2. The molecule has 2 aromatic carbocycles. The molecule has 2 aromatic rings. The van der Waals surface area contributed by atoms with Crippen LogP contribution in [0.4, 0.5) is 5.69 Å². The lowest BCUT2D eigenvalue weighted by atomic mass is 9.82. The van der Waals surface area contributed by atoms with Crippen molar-refractivity contribution in [3.8, 4) is 17.6 Å². The zero-order chi connectivity index (χ0) is 25.4. The van der Waals surface area contributed by atoms with Crippen molar-refractivity contribution < 1.29 is 23.8 Å². The van der Waals surface area contributed by atoms with Gasteiger partial charge in [0.15, 0.2) is 0 Å². The number of methoxy groups -OCH3 is 2. The highest BCUT2D eigenvalue weighted by Gasteiger charge is 2.37. The number of hydrogen-bond donors (Lipinski definition) is 2. The minimum absolute atomic E-state index is 0.0470. The molecule has 9 heteroatoms. The van der Waals surface area contributed by atoms with Gasteiger partial charge in [-0.2, -0.15) is 5.26 Å². The molecule has 1 heterocycles. The van der Waals surface area contributed by atoms with Crippen molar-refractivity contribution in [3.63, 3.8) is 0 Å². The Bertz CT molecular complexity index is 1220. The van der Waals surface area contributed by atoms with Gasteiger partial charge in [-0.05, 0) is 32.0 Å². The van der Waals surface area contributed by atoms with Crippen molar-refractivity contribution in [2.75, 3.05) is 31.9 Å². The molecule has 182 valence electrons. The second kappa shape index (κ2) is 12.0. The number of dihydropyridines is 1. The molecule has 2 N–H and O–H groups in total. The van der Waals surface area contributed by atoms with E-state index in [0.717, 1.165) is 0 Å². The molecule has 1 aliphatic rings. The number of esters is 1. The van der Waals surface area contributed by atoms with Crippen LogP contribution in [0.15, 0.2) is 70.4 Å². The van der Waals surface area contributed by atoms with Crippen LogP contribution in [0.25, 0.3) is 0 Å². The molecule has 0 aliphatic carbocycles. The van der Waals surface area contributed by atoms with Crippen LogP contribution in [0.3, 0.4) is 0 Å². The van der Waals surface area contributed by atoms with E-state index < -0.39 is 11.9 Å². The summed E-state index contributed by atoms with van der Waals surface area (Å²) in [7, 11) is 2.86. The molecule has 0 spiro atoms. The van der Waals surface area contributed by atoms with Crippen molar-refractivity contribution in [3.05, 3.63) is 76.0 Å². The Kier molecular flexibility index (Phi) is 8.81. The lowest BCUT2D eigenvalue weighted by Gasteiger charge is -2.30. The summed E-state index contributed by atoms with van der Waals surface area (Å²) >= 11 is 1.19. The number of hydrogen-bond acceptors (Lipinski definition) is 8. The molecule has 1 aliphatic heterocycles. The number of thioether (sulfide) groups is 1. The van der Waals surface area contributed by atoms with Crippen LogP contribution in [-0.2, 0) is 14.3 Å². The number of para-hydroxylation sites is 1. The van der Waals surface area contributed by atoms with Gasteiger partial charge in [-0.3, -0.25) is 4.79 Å². The van der Waals surface area contributed by atoms with E-state index in [4.69, 9.17) is 14.2 Å². The molecule has 0 radical (unpaired) electrons. The summed E-state index contributed by atoms with van der Waals surface area (Å²) in [6.07, 6.45) is 0. The van der Waals surface area contributed by atoms with Gasteiger partial charge in [-0.15, -0.1) is 0 Å². The molecule has 1 unspecified atom stereocenters. The second-order valence-corrected chi connectivity index (χ2v) is 8.47. The zero-order valence-electron chi connectivity index (χ0n) is 20.0. The number of benzene rings is 2. The smallest absolute Gasteiger partial charge is 0.336 e. The summed E-state index contributed by atoms with van der Waals surface area (Å²) in [5, 5.41) is 16.6. The van der Waals surface area contributed by atoms with Crippen LogP contribution in [0, 0.1) is 11.3 Å². The molecular formula is C26H27N3O5S. The Morgan fingerprint density at radius 1 is 1.17 bits per heavy atom. The predicted octanol–water partition coefficient (Wildman–Crippen LogP) is 4.33. The second-order valence-electron chi connectivity index (χ2n) is 7.48. The summed E-state index contributed by atoms with van der Waals surface area (Å²) in [4.78, 5) is 25.4. The van der Waals surface area contributed by atoms with Gasteiger partial charge in [0.25, 0.3) is 0 Å². The number of amides is 1. The first kappa shape index (κ1) is 25.7. The van der Waals surface area contributed by atoms with E-state index in [0.29, 0.717) is 51.2 Å². The maximum absolute atomic E-state index is 12.7. The molecule has 3 rings (SSSR count). The Morgan fingerprint density at radius 3 is 2.63 bits per heavy atom. The molecule has 0 saturated carbocycles. The number of carbonyl (C=O) groups is 2. The average Bonchev–Trinajstić information content (AvgIpc) is 2.87. The van der Waals surface area contributed by atoms with Gasteiger partial charge in [-0.1, -0.05) is 36.0 Å². The van der Waals surface area contributed by atoms with Gasteiger partial charge in [0, 0.05) is 23.0 Å². The standard InChI is InChI=1S/C26H27N3O5S/c1-5-34-21-12-7-6-11-19(21)24-20(14-27)25(28-16(2)23(24)26(31)33-4)35-15-22(30)29-17-9-8-10-18(13-17)32-3/h6-13,24,28H,5,15H2,1-4H3,(H,29,30). The molecule has 0 aromatic heterocycles. The van der Waals surface area contributed by atoms with Gasteiger partial charge in [-0.25, -0.2) is 4.79 Å². The van der Waals surface area contributed by atoms with Crippen LogP contribution in [0.2, 0.25) is 0 Å². The van der Waals surface area contributed by atoms with Crippen molar-refractivity contribution in [1.82, 2.24) is 5.32 Å². The quantitative estimate of drug-likeness (QED) is 0.497. The Morgan fingerprint density at radius 2 is 1.94 bits per heavy atom. The van der Waals surface area contributed by atoms with Gasteiger partial charge < -0.3 is 24.8 Å². The van der Waals surface area contributed by atoms with Crippen LogP contribution < -0.4 is 20.1 Å². The van der Waals surface area contributed by atoms with E-state index in [-0.39, 0.29) is 11.7 Å². The SMILES string of the molecule is CCOc1ccccc1C1C(C#N)=C(SCC(=O)Nc2cccc(OC)c2)NC(C)=C1C(=O)OC. The lowest BCUT2D eigenvalue weighted by molar-refractivity contribution is -0.136. The number of ether oxygens (including phenoxy) is 3. The van der Waals surface area contributed by atoms with Crippen LogP contribution in [-0.4, -0.2) is 38.5 Å². The van der Waals surface area contributed by atoms with Gasteiger partial charge >= 0.3 is 5.97 Å². The highest BCUT2D eigenvalue weighted by molar-refractivity contribution is 8.03. The lowest BCUT2D eigenvalue weighted by Crippen LogP contribution is -2.29. The Balaban J connectivity index is 1.93. The minimum Gasteiger partial charge on any atom is -0.497 e. The number of carbonyl (C=O) groups excluding carboxylic acids is 2. The van der Waals surface area contributed by atoms with E-state index in [1.807, 2.05) is 25.1 Å². The molecule has 35 heavy (non-hydrogen) atoms. The fourth-order valence-corrected chi connectivity index (χ4v) is 4.65. The van der Waals surface area contributed by atoms with Gasteiger partial charge in [0.1, 0.15) is 11.5 Å². The average molecular weight is 494 g/mol. The number of anilines is 1. The maximum atomic E-state index is 12.7. The fourth-order valence-electron chi connectivity index (χ4n) is 3.76. The highest BCUT2D eigenvalue weighted by atomic mass is 32.2. The molecule has 8 nitrogen and oxygen atoms in total. The van der Waals surface area contributed by atoms with E-state index in [1.165, 1.54) is 18.9 Å². The van der Waals surface area contributed by atoms with E-state index >= 15 is 0 Å². The highest BCUT2D eigenvalue weighted by Crippen LogP contribution is 2.44. The van der Waals surface area contributed by atoms with Crippen LogP contribution >= 0.6 is 11.8 Å². The fraction of sp³-hybridized carbons (Fsp3) is 0.269. The monoisotopic (exact) mass is 493 g/mol. The van der Waals surface area contributed by atoms with E-state index in [2.05, 4.69) is 16.7 Å². The first-order valence-electron chi connectivity index (χ1n) is 10.9. The molecular weight excluding hydrogens is 466 g/mol. The molecule has 0 bridgehead atoms. The summed E-state index contributed by atoms with van der Waals surface area (Å²) in [5.41, 5.74) is 2.45. The number of nitriles is 1. The van der Waals surface area contributed by atoms with Crippen molar-refractivity contribution in [1.29, 1.82) is 5.26 Å². The molecule has 1 amide bonds. The third-order valence-corrected chi connectivity index (χ3v) is 6.30. The van der Waals surface area contributed by atoms with E-state index in [9.17, 15) is 14.9 Å². The van der Waals surface area contributed by atoms with Crippen molar-refractivity contribution in [2.24, 2.45) is 0 Å².